The number of aromatic nitrogens is 3. The maximum absolute atomic E-state index is 14.5. The number of hydrogen-bond donors (Lipinski definition) is 7. The number of hydrogen-bond acceptors (Lipinski definition) is 18. The molecule has 1 aromatic heterocycles. The fraction of sp³-hybridized carbons (Fsp3) is 0.468. The third-order valence-electron chi connectivity index (χ3n) is 21.1. The monoisotopic (exact) mass is 1560 g/mol. The van der Waals surface area contributed by atoms with E-state index in [0.717, 1.165) is 58.8 Å². The van der Waals surface area contributed by atoms with E-state index in [-0.39, 0.29) is 84.5 Å². The molecule has 2 saturated heterocycles. The third kappa shape index (κ3) is 15.9. The third-order valence-corrected chi connectivity index (χ3v) is 21.6. The van der Waals surface area contributed by atoms with Gasteiger partial charge in [-0.1, -0.05) is 96.2 Å². The highest BCUT2D eigenvalue weighted by Crippen LogP contribution is 2.58. The molecule has 9 amide bonds. The zero-order chi connectivity index (χ0) is 74.9. The molecule has 6 aromatic rings. The molecule has 0 bridgehead atoms. The highest BCUT2D eigenvalue weighted by atomic mass is 127. The number of amides is 9. The first-order valence-corrected chi connectivity index (χ1v) is 37.3. The van der Waals surface area contributed by atoms with Crippen LogP contribution in [0, 0.1) is 16.7 Å². The number of carbonyl (C=O) groups excluding carboxylic acids is 9. The van der Waals surface area contributed by atoms with Gasteiger partial charge in [0, 0.05) is 67.5 Å². The van der Waals surface area contributed by atoms with E-state index in [9.17, 15) is 48.3 Å². The summed E-state index contributed by atoms with van der Waals surface area (Å²) in [7, 11) is 3.03. The number of alkyl halides is 1. The number of nitrogens with one attached hydrogen (secondary N) is 6. The lowest BCUT2D eigenvalue weighted by Gasteiger charge is -2.31. The Kier molecular flexibility index (Phi) is 21.6. The zero-order valence-electron chi connectivity index (χ0n) is 60.5. The molecule has 5 aromatic carbocycles. The van der Waals surface area contributed by atoms with Gasteiger partial charge in [0.15, 0.2) is 29.2 Å². The first-order valence-electron chi connectivity index (χ1n) is 36.2. The average Bonchev–Trinajstić information content (AvgIpc) is 1.57. The van der Waals surface area contributed by atoms with Gasteiger partial charge in [0.05, 0.1) is 81.3 Å². The molecule has 2 aliphatic carbocycles. The van der Waals surface area contributed by atoms with Crippen molar-refractivity contribution in [1.82, 2.24) is 46.1 Å². The second-order valence-corrected chi connectivity index (χ2v) is 32.2. The van der Waals surface area contributed by atoms with Gasteiger partial charge in [-0.3, -0.25) is 38.4 Å². The maximum Gasteiger partial charge on any atom is 0.416 e. The van der Waals surface area contributed by atoms with E-state index in [2.05, 4.69) is 64.8 Å². The zero-order valence-corrected chi connectivity index (χ0v) is 62.7. The molecule has 28 nitrogen and oxygen atoms in total. The lowest BCUT2D eigenvalue weighted by Crippen LogP contribution is -2.55. The Morgan fingerprint density at radius 2 is 1.32 bits per heavy atom. The number of ether oxygens (including phenoxy) is 5. The lowest BCUT2D eigenvalue weighted by atomic mass is 9.95. The summed E-state index contributed by atoms with van der Waals surface area (Å²) in [5.74, 6) is -2.74. The van der Waals surface area contributed by atoms with Crippen LogP contribution in [-0.2, 0) is 50.2 Å². The van der Waals surface area contributed by atoms with Gasteiger partial charge in [0.25, 0.3) is 11.8 Å². The van der Waals surface area contributed by atoms with E-state index in [1.54, 1.807) is 67.2 Å². The van der Waals surface area contributed by atoms with Crippen LogP contribution in [0.1, 0.15) is 137 Å². The second kappa shape index (κ2) is 30.8. The van der Waals surface area contributed by atoms with Crippen LogP contribution in [0.15, 0.2) is 97.1 Å². The van der Waals surface area contributed by atoms with Gasteiger partial charge in [-0.15, -0.1) is 5.10 Å². The number of aliphatic hydroxyl groups excluding tert-OH is 1. The number of methoxy groups -OCH3 is 2. The molecule has 13 rings (SSSR count). The van der Waals surface area contributed by atoms with Gasteiger partial charge < -0.3 is 75.4 Å². The fourth-order valence-corrected chi connectivity index (χ4v) is 15.2. The van der Waals surface area contributed by atoms with Crippen molar-refractivity contribution < 1.29 is 71.9 Å². The summed E-state index contributed by atoms with van der Waals surface area (Å²) >= 11 is 2.30. The molecule has 5 aliphatic heterocycles. The average molecular weight is 1560 g/mol. The topological polar surface area (TPSA) is 336 Å². The molecule has 5 atom stereocenters. The minimum Gasteiger partial charge on any atom is -0.493 e. The van der Waals surface area contributed by atoms with Gasteiger partial charge in [-0.25, -0.2) is 14.4 Å². The number of nitrogens with zero attached hydrogens (tertiary/aromatic N) is 7. The number of rotatable bonds is 26. The van der Waals surface area contributed by atoms with Crippen LogP contribution in [0.3, 0.4) is 0 Å². The molecule has 29 heteroatoms. The Hall–Kier alpha value is -10.0. The van der Waals surface area contributed by atoms with Gasteiger partial charge in [-0.05, 0) is 137 Å². The number of anilines is 4. The predicted molar refractivity (Wildman–Crippen MR) is 400 cm³/mol. The molecule has 0 unspecified atom stereocenters. The Labute approximate surface area is 627 Å². The van der Waals surface area contributed by atoms with Gasteiger partial charge >= 0.3 is 6.09 Å². The smallest absolute Gasteiger partial charge is 0.416 e. The van der Waals surface area contributed by atoms with E-state index >= 15 is 0 Å². The summed E-state index contributed by atoms with van der Waals surface area (Å²) in [4.78, 5) is 129. The van der Waals surface area contributed by atoms with Crippen molar-refractivity contribution in [2.24, 2.45) is 16.7 Å². The molecule has 560 valence electrons. The number of carbonyl (C=O) groups is 9. The number of halogens is 1. The van der Waals surface area contributed by atoms with Crippen molar-refractivity contribution in [3.8, 4) is 45.5 Å². The van der Waals surface area contributed by atoms with Crippen molar-refractivity contribution in [3.05, 3.63) is 119 Å². The van der Waals surface area contributed by atoms with Crippen LogP contribution in [0.5, 0.6) is 23.0 Å². The van der Waals surface area contributed by atoms with Crippen LogP contribution in [0.25, 0.3) is 22.5 Å². The van der Waals surface area contributed by atoms with E-state index in [0.29, 0.717) is 90.5 Å². The Bertz CT molecular complexity index is 4420. The largest absolute Gasteiger partial charge is 0.493 e. The molecule has 4 fully saturated rings. The standard InChI is InChI=1S/C77H90IN13O15/c1-44(2)66(84-64(94)39-81-63(93)38-80-62(92)23-24-65(95)87-40-47-15-9-10-16-50(47)67-68(51-17-11-12-18-55(51)87)91(86-85-67)75(4,5)78)70(97)82-45(3)69(96)83-48-21-19-46(20-22-48)41-106-74(101)90-56-34-61(59(103-7)32-53(56)72(99)89-43-77(27-28-77)36-57(89)73(90)100)105-30-14-8-13-29-104-60-33-54-52(31-58(60)102-6)71(98)88-42-76(25-26-76)35-49(88)37-79-54/h9-12,15-22,31-34,44-45,49,57,66,73,79,100H,8,13-14,23-30,35-43H2,1-7H3,(H,80,92)(H,81,93)(H,82,97)(H,83,96)(H,84,94)/t45-,49-,57-,66-,73-/m0/s1. The lowest BCUT2D eigenvalue weighted by molar-refractivity contribution is -0.132. The van der Waals surface area contributed by atoms with E-state index in [1.165, 1.54) is 32.9 Å². The van der Waals surface area contributed by atoms with Gasteiger partial charge in [0.1, 0.15) is 33.6 Å². The van der Waals surface area contributed by atoms with Crippen molar-refractivity contribution in [2.45, 2.75) is 152 Å². The summed E-state index contributed by atoms with van der Waals surface area (Å²) in [5, 5.41) is 37.8. The van der Waals surface area contributed by atoms with E-state index in [1.807, 2.05) is 78.0 Å². The highest BCUT2D eigenvalue weighted by Gasteiger charge is 2.58. The van der Waals surface area contributed by atoms with E-state index < -0.39 is 82.5 Å². The first-order chi connectivity index (χ1) is 50.8. The normalized spacial score (nSPS) is 18.8. The Balaban J connectivity index is 0.556. The molecule has 2 saturated carbocycles. The second-order valence-electron chi connectivity index (χ2n) is 29.6. The van der Waals surface area contributed by atoms with Gasteiger partial charge in [-0.2, -0.15) is 0 Å². The number of unbranched alkanes of at least 4 members (excludes halogenated alkanes) is 2. The maximum atomic E-state index is 14.5. The van der Waals surface area contributed by atoms with Crippen LogP contribution in [-0.4, -0.2) is 174 Å². The first kappa shape index (κ1) is 74.2. The Morgan fingerprint density at radius 3 is 2.01 bits per heavy atom. The van der Waals surface area contributed by atoms with E-state index in [4.69, 9.17) is 23.7 Å². The van der Waals surface area contributed by atoms with Crippen LogP contribution >= 0.6 is 22.6 Å². The summed E-state index contributed by atoms with van der Waals surface area (Å²) in [6.45, 7) is 10.4. The molecule has 7 aliphatic rings. The summed E-state index contributed by atoms with van der Waals surface area (Å²) in [6, 6.07) is 25.6. The quantitative estimate of drug-likeness (QED) is 0.0152. The Morgan fingerprint density at radius 1 is 0.689 bits per heavy atom. The molecule has 0 radical (unpaired) electrons. The fourth-order valence-electron chi connectivity index (χ4n) is 14.9. The van der Waals surface area contributed by atoms with Crippen molar-refractivity contribution in [2.75, 3.05) is 80.6 Å². The minimum absolute atomic E-state index is 0.0181. The molecule has 7 N–H and O–H groups in total. The number of benzene rings is 5. The highest BCUT2D eigenvalue weighted by molar-refractivity contribution is 14.1. The molecule has 106 heavy (non-hydrogen) atoms. The van der Waals surface area contributed by atoms with Crippen LogP contribution < -0.4 is 60.6 Å². The molecular weight excluding hydrogens is 1470 g/mol. The number of fused-ring (bicyclic) bond motifs is 9. The summed E-state index contributed by atoms with van der Waals surface area (Å²) < 4.78 is 31.2. The number of aliphatic hydroxyl groups is 1. The van der Waals surface area contributed by atoms with Crippen LogP contribution in [0.2, 0.25) is 0 Å². The SMILES string of the molecule is COc1cc2c(cc1OCCCCCOc1cc3c(cc1OC)C(=O)N1CC4(CC4)C[C@H]1[C@H](O)N3C(=O)OCc1ccc(NC(=O)[C@H](C)NC(=O)[C@@H](NC(=O)CNC(=O)CNC(=O)CCC(=O)N3Cc4ccccc4-c4nnn(C(C)(C)I)c4-c4ccccc43)C(C)C)cc1)NC[C@@H]1CC3(CC3)CN1C2=O. The van der Waals surface area contributed by atoms with Gasteiger partial charge in [0.2, 0.25) is 35.4 Å². The molecule has 6 heterocycles. The summed E-state index contributed by atoms with van der Waals surface area (Å²) in [6.07, 6.45) is 4.91. The summed E-state index contributed by atoms with van der Waals surface area (Å²) in [5.41, 5.74) is 7.12. The van der Waals surface area contributed by atoms with Crippen LogP contribution in [0.4, 0.5) is 27.5 Å². The van der Waals surface area contributed by atoms with Crippen molar-refractivity contribution in [1.29, 1.82) is 0 Å². The minimum atomic E-state index is -1.47. The number of para-hydroxylation sites is 1. The van der Waals surface area contributed by atoms with Crippen molar-refractivity contribution >= 4 is 98.7 Å². The molecule has 2 spiro atoms. The predicted octanol–water partition coefficient (Wildman–Crippen LogP) is 8.42. The molecular formula is C77H90IN13O15. The van der Waals surface area contributed by atoms with Crippen molar-refractivity contribution in [3.63, 3.8) is 0 Å².